The van der Waals surface area contributed by atoms with Crippen molar-refractivity contribution in [1.82, 2.24) is 0 Å². The van der Waals surface area contributed by atoms with Gasteiger partial charge in [-0.15, -0.1) is 0 Å². The third-order valence-electron chi connectivity index (χ3n) is 2.03. The van der Waals surface area contributed by atoms with Crippen molar-refractivity contribution in [1.29, 1.82) is 0 Å². The summed E-state index contributed by atoms with van der Waals surface area (Å²) in [5.41, 5.74) is -0.406. The van der Waals surface area contributed by atoms with E-state index < -0.39 is 5.41 Å². The van der Waals surface area contributed by atoms with Crippen molar-refractivity contribution in [3.05, 3.63) is 0 Å². The van der Waals surface area contributed by atoms with Crippen molar-refractivity contribution in [2.45, 2.75) is 27.2 Å². The van der Waals surface area contributed by atoms with Gasteiger partial charge in [0.15, 0.2) is 0 Å². The highest BCUT2D eigenvalue weighted by atomic mass is 16.5. The van der Waals surface area contributed by atoms with Gasteiger partial charge in [0.25, 0.3) is 0 Å². The SMILES string of the molecule is COCC(CO)(CO)CC(C)(C)C. The van der Waals surface area contributed by atoms with Gasteiger partial charge in [-0.25, -0.2) is 0 Å². The number of rotatable bonds is 5. The van der Waals surface area contributed by atoms with Crippen LogP contribution in [0.1, 0.15) is 27.2 Å². The molecule has 0 spiro atoms. The van der Waals surface area contributed by atoms with Crippen LogP contribution in [-0.2, 0) is 4.74 Å². The quantitative estimate of drug-likeness (QED) is 0.681. The Hall–Kier alpha value is -0.120. The average Bonchev–Trinajstić information content (AvgIpc) is 2.01. The van der Waals surface area contributed by atoms with E-state index in [2.05, 4.69) is 20.8 Å². The molecule has 2 N–H and O–H groups in total. The summed E-state index contributed by atoms with van der Waals surface area (Å²) in [5.74, 6) is 0. The van der Waals surface area contributed by atoms with Crippen LogP contribution in [0.2, 0.25) is 0 Å². The fourth-order valence-electron chi connectivity index (χ4n) is 1.74. The van der Waals surface area contributed by atoms with Crippen molar-refractivity contribution in [3.63, 3.8) is 0 Å². The van der Waals surface area contributed by atoms with Gasteiger partial charge >= 0.3 is 0 Å². The zero-order chi connectivity index (χ0) is 10.5. The van der Waals surface area contributed by atoms with Gasteiger partial charge in [-0.2, -0.15) is 0 Å². The minimum absolute atomic E-state index is 0.0331. The van der Waals surface area contributed by atoms with Crippen LogP contribution in [-0.4, -0.2) is 37.1 Å². The largest absolute Gasteiger partial charge is 0.396 e. The molecular weight excluding hydrogens is 168 g/mol. The molecule has 0 fully saturated rings. The molecule has 0 heterocycles. The Morgan fingerprint density at radius 2 is 1.54 bits per heavy atom. The van der Waals surface area contributed by atoms with E-state index in [9.17, 15) is 10.2 Å². The fourth-order valence-corrected chi connectivity index (χ4v) is 1.74. The Balaban J connectivity index is 4.38. The maximum atomic E-state index is 9.23. The highest BCUT2D eigenvalue weighted by Gasteiger charge is 2.33. The standard InChI is InChI=1S/C10H22O3/c1-9(2,3)5-10(6-11,7-12)8-13-4/h11-12H,5-8H2,1-4H3. The monoisotopic (exact) mass is 190 g/mol. The third kappa shape index (κ3) is 4.60. The highest BCUT2D eigenvalue weighted by Crippen LogP contribution is 2.33. The maximum Gasteiger partial charge on any atom is 0.0562 e. The molecule has 80 valence electrons. The summed E-state index contributed by atoms with van der Waals surface area (Å²) in [6.07, 6.45) is 0.751. The Morgan fingerprint density at radius 1 is 1.08 bits per heavy atom. The maximum absolute atomic E-state index is 9.23. The van der Waals surface area contributed by atoms with Crippen LogP contribution in [0.4, 0.5) is 0 Å². The van der Waals surface area contributed by atoms with Crippen molar-refractivity contribution in [2.75, 3.05) is 26.9 Å². The first-order chi connectivity index (χ1) is 5.89. The second-order valence-electron chi connectivity index (χ2n) is 4.99. The van der Waals surface area contributed by atoms with Crippen LogP contribution in [0.25, 0.3) is 0 Å². The van der Waals surface area contributed by atoms with Gasteiger partial charge in [0, 0.05) is 12.5 Å². The summed E-state index contributed by atoms with van der Waals surface area (Å²) in [7, 11) is 1.59. The number of ether oxygens (including phenoxy) is 1. The second-order valence-corrected chi connectivity index (χ2v) is 4.99. The lowest BCUT2D eigenvalue weighted by atomic mass is 9.75. The summed E-state index contributed by atoms with van der Waals surface area (Å²) in [5, 5.41) is 18.5. The molecule has 0 aromatic rings. The predicted molar refractivity (Wildman–Crippen MR) is 52.6 cm³/mol. The number of aliphatic hydroxyl groups excluding tert-OH is 2. The Bertz CT molecular complexity index is 134. The summed E-state index contributed by atoms with van der Waals surface area (Å²) < 4.78 is 5.02. The van der Waals surface area contributed by atoms with Crippen molar-refractivity contribution >= 4 is 0 Å². The van der Waals surface area contributed by atoms with Crippen molar-refractivity contribution < 1.29 is 14.9 Å². The summed E-state index contributed by atoms with van der Waals surface area (Å²) >= 11 is 0. The second kappa shape index (κ2) is 4.94. The Kier molecular flexibility index (Phi) is 4.89. The van der Waals surface area contributed by atoms with Gasteiger partial charge in [0.2, 0.25) is 0 Å². The summed E-state index contributed by atoms with van der Waals surface area (Å²) in [4.78, 5) is 0. The lowest BCUT2D eigenvalue weighted by Crippen LogP contribution is -2.38. The first-order valence-corrected chi connectivity index (χ1v) is 4.60. The zero-order valence-electron chi connectivity index (χ0n) is 9.13. The molecule has 0 amide bonds. The minimum atomic E-state index is -0.493. The van der Waals surface area contributed by atoms with Crippen LogP contribution >= 0.6 is 0 Å². The molecule has 0 aromatic carbocycles. The van der Waals surface area contributed by atoms with E-state index in [-0.39, 0.29) is 18.6 Å². The van der Waals surface area contributed by atoms with Crippen molar-refractivity contribution in [2.24, 2.45) is 10.8 Å². The fraction of sp³-hybridized carbons (Fsp3) is 1.00. The van der Waals surface area contributed by atoms with Gasteiger partial charge < -0.3 is 14.9 Å². The van der Waals surface area contributed by atoms with E-state index in [0.29, 0.717) is 6.61 Å². The average molecular weight is 190 g/mol. The lowest BCUT2D eigenvalue weighted by molar-refractivity contribution is -0.0361. The van der Waals surface area contributed by atoms with Gasteiger partial charge in [0.05, 0.1) is 19.8 Å². The number of hydrogen-bond acceptors (Lipinski definition) is 3. The first kappa shape index (κ1) is 12.9. The molecule has 0 aromatic heterocycles. The smallest absolute Gasteiger partial charge is 0.0562 e. The topological polar surface area (TPSA) is 49.7 Å². The van der Waals surface area contributed by atoms with Gasteiger partial charge in [-0.05, 0) is 11.8 Å². The van der Waals surface area contributed by atoms with E-state index in [1.807, 2.05) is 0 Å². The minimum Gasteiger partial charge on any atom is -0.396 e. The molecule has 0 unspecified atom stereocenters. The predicted octanol–water partition coefficient (Wildman–Crippen LogP) is 1.04. The zero-order valence-corrected chi connectivity index (χ0v) is 9.13. The molecule has 0 bridgehead atoms. The van der Waals surface area contributed by atoms with E-state index in [0.717, 1.165) is 6.42 Å². The molecule has 0 atom stereocenters. The summed E-state index contributed by atoms with van der Waals surface area (Å²) in [6, 6.07) is 0. The Morgan fingerprint density at radius 3 is 1.77 bits per heavy atom. The van der Waals surface area contributed by atoms with E-state index in [1.54, 1.807) is 7.11 Å². The number of hydrogen-bond donors (Lipinski definition) is 2. The molecule has 3 nitrogen and oxygen atoms in total. The molecule has 13 heavy (non-hydrogen) atoms. The number of aliphatic hydroxyl groups is 2. The van der Waals surface area contributed by atoms with Crippen LogP contribution < -0.4 is 0 Å². The van der Waals surface area contributed by atoms with Crippen LogP contribution in [0.3, 0.4) is 0 Å². The molecule has 0 aliphatic carbocycles. The molecular formula is C10H22O3. The molecule has 0 aliphatic heterocycles. The van der Waals surface area contributed by atoms with E-state index >= 15 is 0 Å². The van der Waals surface area contributed by atoms with Crippen LogP contribution in [0, 0.1) is 10.8 Å². The third-order valence-corrected chi connectivity index (χ3v) is 2.03. The lowest BCUT2D eigenvalue weighted by Gasteiger charge is -2.35. The number of methoxy groups -OCH3 is 1. The van der Waals surface area contributed by atoms with Crippen molar-refractivity contribution in [3.8, 4) is 0 Å². The van der Waals surface area contributed by atoms with Gasteiger partial charge in [-0.3, -0.25) is 0 Å². The Labute approximate surface area is 80.7 Å². The summed E-state index contributed by atoms with van der Waals surface area (Å²) in [6.45, 7) is 6.59. The highest BCUT2D eigenvalue weighted by molar-refractivity contribution is 4.82. The van der Waals surface area contributed by atoms with Gasteiger partial charge in [0.1, 0.15) is 0 Å². The molecule has 0 saturated heterocycles. The van der Waals surface area contributed by atoms with Crippen LogP contribution in [0.5, 0.6) is 0 Å². The van der Waals surface area contributed by atoms with E-state index in [1.165, 1.54) is 0 Å². The van der Waals surface area contributed by atoms with Crippen LogP contribution in [0.15, 0.2) is 0 Å². The van der Waals surface area contributed by atoms with Gasteiger partial charge in [-0.1, -0.05) is 20.8 Å². The molecule has 0 radical (unpaired) electrons. The molecule has 0 rings (SSSR count). The van der Waals surface area contributed by atoms with E-state index in [4.69, 9.17) is 4.74 Å². The first-order valence-electron chi connectivity index (χ1n) is 4.60. The molecule has 3 heteroatoms. The molecule has 0 aliphatic rings. The normalized spacial score (nSPS) is 13.4. The molecule has 0 saturated carbocycles.